The highest BCUT2D eigenvalue weighted by Crippen LogP contribution is 2.45. The summed E-state index contributed by atoms with van der Waals surface area (Å²) in [6.45, 7) is 3.43. The summed E-state index contributed by atoms with van der Waals surface area (Å²) in [6, 6.07) is 5.79. The van der Waals surface area contributed by atoms with Crippen molar-refractivity contribution in [3.63, 3.8) is 0 Å². The van der Waals surface area contributed by atoms with Crippen LogP contribution < -0.4 is 5.73 Å². The third-order valence-electron chi connectivity index (χ3n) is 8.05. The van der Waals surface area contributed by atoms with E-state index in [9.17, 15) is 9.59 Å². The molecule has 0 spiro atoms. The number of aryl methyl sites for hydroxylation is 1. The Morgan fingerprint density at radius 3 is 2.50 bits per heavy atom. The number of nitrogens with two attached hydrogens (primary N) is 1. The number of pyridine rings is 1. The predicted molar refractivity (Wildman–Crippen MR) is 144 cm³/mol. The van der Waals surface area contributed by atoms with Gasteiger partial charge in [-0.1, -0.05) is 0 Å². The molecule has 1 amide bonds. The van der Waals surface area contributed by atoms with Crippen molar-refractivity contribution in [1.29, 1.82) is 0 Å². The molecule has 2 saturated heterocycles. The van der Waals surface area contributed by atoms with Gasteiger partial charge in [-0.3, -0.25) is 14.7 Å². The lowest BCUT2D eigenvalue weighted by Gasteiger charge is -2.38. The number of carbonyl (C=O) groups excluding carboxylic acids is 2. The number of hydrogen-bond acceptors (Lipinski definition) is 9. The summed E-state index contributed by atoms with van der Waals surface area (Å²) in [5.41, 5.74) is 10.7. The molecule has 0 saturated carbocycles. The highest BCUT2D eigenvalue weighted by atomic mass is 16.2. The van der Waals surface area contributed by atoms with Gasteiger partial charge in [0, 0.05) is 41.5 Å². The van der Waals surface area contributed by atoms with Gasteiger partial charge in [0.05, 0.1) is 23.1 Å². The summed E-state index contributed by atoms with van der Waals surface area (Å²) < 4.78 is 3.24. The molecule has 5 aromatic rings. The second kappa shape index (κ2) is 9.07. The number of ketones is 1. The van der Waals surface area contributed by atoms with Gasteiger partial charge in [-0.15, -0.1) is 0 Å². The largest absolute Gasteiger partial charge is 0.383 e. The molecule has 13 nitrogen and oxygen atoms in total. The highest BCUT2D eigenvalue weighted by Gasteiger charge is 2.45. The third kappa shape index (κ3) is 3.76. The van der Waals surface area contributed by atoms with Crippen LogP contribution in [0.1, 0.15) is 70.9 Å². The smallest absolute Gasteiger partial charge is 0.291 e. The Balaban J connectivity index is 1.26. The van der Waals surface area contributed by atoms with Crippen LogP contribution in [0.4, 0.5) is 5.82 Å². The van der Waals surface area contributed by atoms with Gasteiger partial charge < -0.3 is 10.6 Å². The maximum Gasteiger partial charge on any atom is 0.291 e. The normalized spacial score (nSPS) is 20.4. The number of anilines is 1. The maximum atomic E-state index is 13.1. The molecule has 0 aromatic carbocycles. The van der Waals surface area contributed by atoms with Crippen molar-refractivity contribution < 1.29 is 9.59 Å². The van der Waals surface area contributed by atoms with Crippen LogP contribution in [0.15, 0.2) is 43.1 Å². The number of nitrogens with zero attached hydrogens (tertiary/aromatic N) is 9. The summed E-state index contributed by atoms with van der Waals surface area (Å²) in [4.78, 5) is 41.6. The zero-order chi connectivity index (χ0) is 27.5. The minimum atomic E-state index is -0.160. The molecule has 202 valence electrons. The minimum Gasteiger partial charge on any atom is -0.383 e. The average molecular weight is 538 g/mol. The summed E-state index contributed by atoms with van der Waals surface area (Å²) in [7, 11) is 0. The van der Waals surface area contributed by atoms with E-state index in [0.29, 0.717) is 35.6 Å². The van der Waals surface area contributed by atoms with E-state index >= 15 is 0 Å². The van der Waals surface area contributed by atoms with E-state index in [1.165, 1.54) is 17.8 Å². The molecule has 0 aliphatic carbocycles. The Labute approximate surface area is 228 Å². The van der Waals surface area contributed by atoms with Crippen molar-refractivity contribution in [2.45, 2.75) is 57.5 Å². The minimum absolute atomic E-state index is 0.0208. The van der Waals surface area contributed by atoms with E-state index in [-0.39, 0.29) is 41.3 Å². The first-order valence-electron chi connectivity index (χ1n) is 13.2. The van der Waals surface area contributed by atoms with Crippen LogP contribution >= 0.6 is 0 Å². The van der Waals surface area contributed by atoms with Gasteiger partial charge in [-0.2, -0.15) is 19.8 Å². The quantitative estimate of drug-likeness (QED) is 0.321. The fraction of sp³-hybridized carbons (Fsp3) is 0.333. The highest BCUT2D eigenvalue weighted by molar-refractivity contribution is 6.00. The van der Waals surface area contributed by atoms with Crippen molar-refractivity contribution in [2.75, 3.05) is 5.73 Å². The lowest BCUT2D eigenvalue weighted by atomic mass is 9.85. The molecule has 2 aliphatic rings. The first-order chi connectivity index (χ1) is 19.4. The molecule has 7 rings (SSSR count). The molecule has 40 heavy (non-hydrogen) atoms. The second-order valence-electron chi connectivity index (χ2n) is 10.5. The molecule has 2 aliphatic heterocycles. The molecule has 3 N–H and O–H groups in total. The summed E-state index contributed by atoms with van der Waals surface area (Å²) in [5, 5.41) is 15.4. The maximum absolute atomic E-state index is 13.1. The molecule has 7 heterocycles. The Morgan fingerprint density at radius 1 is 1.07 bits per heavy atom. The number of hydrogen-bond donors (Lipinski definition) is 2. The van der Waals surface area contributed by atoms with E-state index in [4.69, 9.17) is 10.7 Å². The van der Waals surface area contributed by atoms with Gasteiger partial charge in [-0.05, 0) is 57.7 Å². The zero-order valence-electron chi connectivity index (χ0n) is 22.0. The number of nitrogen functional groups attached to an aromatic ring is 1. The Bertz CT molecular complexity index is 1740. The van der Waals surface area contributed by atoms with E-state index in [2.05, 4.69) is 30.4 Å². The Hall–Kier alpha value is -4.94. The number of rotatable bonds is 5. The van der Waals surface area contributed by atoms with Crippen molar-refractivity contribution in [3.05, 3.63) is 65.9 Å². The lowest BCUT2D eigenvalue weighted by molar-refractivity contribution is 0.0556. The number of aromatic amines is 1. The Morgan fingerprint density at radius 2 is 1.88 bits per heavy atom. The van der Waals surface area contributed by atoms with Gasteiger partial charge in [-0.25, -0.2) is 19.6 Å². The van der Waals surface area contributed by atoms with Crippen LogP contribution in [-0.2, 0) is 0 Å². The standard InChI is InChI=1S/C27H27N11O2/c1-14-7-8-36(35-14)21-6-3-16(11-29-21)20-12-32-38-24(28)22(15(2)39)23(33-26(20)38)17-9-18-4-5-19(10-17)37(18)27(40)25-30-13-31-34-25/h3,6-8,11-13,17-19H,4-5,9-10,28H2,1-2H3,(H,30,31,34)/t17?,18-,19?/m0/s1. The summed E-state index contributed by atoms with van der Waals surface area (Å²) in [6.07, 6.45) is 9.80. The fourth-order valence-corrected chi connectivity index (χ4v) is 6.28. The van der Waals surface area contributed by atoms with Crippen LogP contribution in [0.25, 0.3) is 22.6 Å². The topological polar surface area (TPSA) is 166 Å². The van der Waals surface area contributed by atoms with Crippen LogP contribution in [0.3, 0.4) is 0 Å². The summed E-state index contributed by atoms with van der Waals surface area (Å²) >= 11 is 0. The monoisotopic (exact) mass is 537 g/mol. The van der Waals surface area contributed by atoms with Crippen LogP contribution in [-0.4, -0.2) is 73.2 Å². The van der Waals surface area contributed by atoms with Crippen molar-refractivity contribution in [1.82, 2.24) is 49.4 Å². The number of Topliss-reactive ketones (excluding diaryl/α,β-unsaturated/α-hetero) is 1. The molecule has 5 aromatic heterocycles. The van der Waals surface area contributed by atoms with Gasteiger partial charge >= 0.3 is 0 Å². The number of nitrogens with one attached hydrogen (secondary N) is 1. The molecule has 2 unspecified atom stereocenters. The molecule has 0 radical (unpaired) electrons. The average Bonchev–Trinajstić information content (AvgIpc) is 3.75. The molecular formula is C27H27N11O2. The Kier molecular flexibility index (Phi) is 5.47. The van der Waals surface area contributed by atoms with E-state index in [1.54, 1.807) is 17.1 Å². The molecule has 2 fully saturated rings. The van der Waals surface area contributed by atoms with E-state index in [0.717, 1.165) is 29.7 Å². The van der Waals surface area contributed by atoms with Gasteiger partial charge in [0.25, 0.3) is 5.91 Å². The number of aromatic nitrogens is 9. The van der Waals surface area contributed by atoms with E-state index in [1.807, 2.05) is 36.2 Å². The zero-order valence-corrected chi connectivity index (χ0v) is 22.0. The molecule has 13 heteroatoms. The van der Waals surface area contributed by atoms with Gasteiger partial charge in [0.15, 0.2) is 17.2 Å². The van der Waals surface area contributed by atoms with Crippen molar-refractivity contribution in [3.8, 4) is 16.9 Å². The van der Waals surface area contributed by atoms with E-state index < -0.39 is 0 Å². The fourth-order valence-electron chi connectivity index (χ4n) is 6.28. The predicted octanol–water partition coefficient (Wildman–Crippen LogP) is 2.74. The molecule has 2 bridgehead atoms. The first-order valence-corrected chi connectivity index (χ1v) is 13.2. The molecular weight excluding hydrogens is 510 g/mol. The van der Waals surface area contributed by atoms with Gasteiger partial charge in [0.1, 0.15) is 12.1 Å². The second-order valence-corrected chi connectivity index (χ2v) is 10.5. The van der Waals surface area contributed by atoms with Crippen LogP contribution in [0, 0.1) is 6.92 Å². The lowest BCUT2D eigenvalue weighted by Crippen LogP contribution is -2.46. The number of fused-ring (bicyclic) bond motifs is 3. The molecule has 3 atom stereocenters. The summed E-state index contributed by atoms with van der Waals surface area (Å²) in [5.74, 6) is 0.873. The number of amides is 1. The first kappa shape index (κ1) is 24.1. The van der Waals surface area contributed by atoms with Crippen LogP contribution in [0.2, 0.25) is 0 Å². The number of H-pyrrole nitrogens is 1. The third-order valence-corrected chi connectivity index (χ3v) is 8.05. The number of carbonyl (C=O) groups is 2. The van der Waals surface area contributed by atoms with Gasteiger partial charge in [0.2, 0.25) is 5.82 Å². The number of piperidine rings is 1. The van der Waals surface area contributed by atoms with Crippen LogP contribution in [0.5, 0.6) is 0 Å². The SMILES string of the molecule is CC(=O)c1c(C2CC3CC[C@@H](C2)N3C(=O)c2ncn[nH]2)nc2c(-c3ccc(-n4ccc(C)n4)nc3)cnn2c1N. The van der Waals surface area contributed by atoms with Crippen molar-refractivity contribution in [2.24, 2.45) is 0 Å². The van der Waals surface area contributed by atoms with Crippen molar-refractivity contribution >= 4 is 23.2 Å².